The van der Waals surface area contributed by atoms with E-state index < -0.39 is 0 Å². The third-order valence-corrected chi connectivity index (χ3v) is 3.73. The molecule has 0 N–H and O–H groups in total. The van der Waals surface area contributed by atoms with E-state index in [4.69, 9.17) is 11.6 Å². The topological polar surface area (TPSA) is 3.24 Å². The standard InChI is InChI=1S/C15H20ClN/c1-2-6-15(17-11-4-3-5-12-17)13-7-9-14(16)10-8-13/h2,7-10,15H,1,3-6,11-12H2. The largest absolute Gasteiger partial charge is 0.296 e. The Morgan fingerprint density at radius 3 is 2.41 bits per heavy atom. The molecule has 1 atom stereocenters. The molecule has 2 rings (SSSR count). The maximum Gasteiger partial charge on any atom is 0.0406 e. The lowest BCUT2D eigenvalue weighted by molar-refractivity contribution is 0.164. The number of hydrogen-bond acceptors (Lipinski definition) is 1. The van der Waals surface area contributed by atoms with Crippen LogP contribution in [0.15, 0.2) is 36.9 Å². The monoisotopic (exact) mass is 249 g/mol. The van der Waals surface area contributed by atoms with Crippen LogP contribution >= 0.6 is 11.6 Å². The number of rotatable bonds is 4. The summed E-state index contributed by atoms with van der Waals surface area (Å²) in [5, 5.41) is 0.810. The summed E-state index contributed by atoms with van der Waals surface area (Å²) in [6, 6.07) is 8.73. The second-order valence-corrected chi connectivity index (χ2v) is 5.12. The average Bonchev–Trinajstić information content (AvgIpc) is 2.38. The number of piperidine rings is 1. The Morgan fingerprint density at radius 2 is 1.82 bits per heavy atom. The van der Waals surface area contributed by atoms with Gasteiger partial charge in [0.25, 0.3) is 0 Å². The Labute approximate surface area is 109 Å². The van der Waals surface area contributed by atoms with Gasteiger partial charge in [0.2, 0.25) is 0 Å². The Kier molecular flexibility index (Phi) is 4.64. The van der Waals surface area contributed by atoms with Crippen molar-refractivity contribution in [2.45, 2.75) is 31.7 Å². The van der Waals surface area contributed by atoms with Gasteiger partial charge >= 0.3 is 0 Å². The molecule has 1 heterocycles. The molecule has 1 nitrogen and oxygen atoms in total. The van der Waals surface area contributed by atoms with Crippen molar-refractivity contribution in [1.29, 1.82) is 0 Å². The van der Waals surface area contributed by atoms with Crippen molar-refractivity contribution in [2.24, 2.45) is 0 Å². The van der Waals surface area contributed by atoms with Gasteiger partial charge in [-0.3, -0.25) is 4.90 Å². The number of hydrogen-bond donors (Lipinski definition) is 0. The fraction of sp³-hybridized carbons (Fsp3) is 0.467. The molecule has 0 bridgehead atoms. The van der Waals surface area contributed by atoms with Gasteiger partial charge in [0.15, 0.2) is 0 Å². The van der Waals surface area contributed by atoms with Crippen LogP contribution < -0.4 is 0 Å². The summed E-state index contributed by atoms with van der Waals surface area (Å²) < 4.78 is 0. The highest BCUT2D eigenvalue weighted by Crippen LogP contribution is 2.28. The van der Waals surface area contributed by atoms with Gasteiger partial charge in [-0.15, -0.1) is 6.58 Å². The fourth-order valence-electron chi connectivity index (χ4n) is 2.57. The van der Waals surface area contributed by atoms with E-state index in [1.165, 1.54) is 37.9 Å². The molecule has 1 saturated heterocycles. The number of benzene rings is 1. The van der Waals surface area contributed by atoms with E-state index in [0.29, 0.717) is 6.04 Å². The molecule has 2 heteroatoms. The lowest BCUT2D eigenvalue weighted by Crippen LogP contribution is -2.33. The predicted octanol–water partition coefficient (Wildman–Crippen LogP) is 4.44. The van der Waals surface area contributed by atoms with E-state index in [-0.39, 0.29) is 0 Å². The molecule has 1 aliphatic heterocycles. The average molecular weight is 250 g/mol. The van der Waals surface area contributed by atoms with E-state index in [9.17, 15) is 0 Å². The van der Waals surface area contributed by atoms with Crippen LogP contribution in [-0.4, -0.2) is 18.0 Å². The summed E-state index contributed by atoms with van der Waals surface area (Å²) in [5.41, 5.74) is 1.36. The summed E-state index contributed by atoms with van der Waals surface area (Å²) in [6.45, 7) is 6.30. The molecule has 92 valence electrons. The molecule has 0 saturated carbocycles. The van der Waals surface area contributed by atoms with Gasteiger partial charge in [0.1, 0.15) is 0 Å². The number of halogens is 1. The summed E-state index contributed by atoms with van der Waals surface area (Å²) >= 11 is 5.95. The Hall–Kier alpha value is -0.790. The van der Waals surface area contributed by atoms with Gasteiger partial charge in [-0.1, -0.05) is 36.2 Å². The molecule has 1 aromatic rings. The third kappa shape index (κ3) is 3.34. The zero-order valence-electron chi connectivity index (χ0n) is 10.2. The summed E-state index contributed by atoms with van der Waals surface area (Å²) in [7, 11) is 0. The molecule has 0 aliphatic carbocycles. The molecule has 1 aliphatic rings. The van der Waals surface area contributed by atoms with Crippen LogP contribution in [0.5, 0.6) is 0 Å². The molecule has 17 heavy (non-hydrogen) atoms. The van der Waals surface area contributed by atoms with Crippen LogP contribution in [0.25, 0.3) is 0 Å². The van der Waals surface area contributed by atoms with E-state index in [0.717, 1.165) is 11.4 Å². The van der Waals surface area contributed by atoms with Crippen molar-refractivity contribution in [3.8, 4) is 0 Å². The SMILES string of the molecule is C=CCC(c1ccc(Cl)cc1)N1CCCCC1. The molecule has 0 aromatic heterocycles. The van der Waals surface area contributed by atoms with Crippen molar-refractivity contribution in [3.63, 3.8) is 0 Å². The van der Waals surface area contributed by atoms with Gasteiger partial charge in [0, 0.05) is 11.1 Å². The first-order valence-electron chi connectivity index (χ1n) is 6.41. The highest BCUT2D eigenvalue weighted by atomic mass is 35.5. The molecule has 0 amide bonds. The maximum absolute atomic E-state index is 5.95. The van der Waals surface area contributed by atoms with Crippen molar-refractivity contribution in [2.75, 3.05) is 13.1 Å². The first-order valence-corrected chi connectivity index (χ1v) is 6.79. The molecule has 0 radical (unpaired) electrons. The van der Waals surface area contributed by atoms with Gasteiger partial charge in [-0.25, -0.2) is 0 Å². The van der Waals surface area contributed by atoms with Crippen LogP contribution in [0.4, 0.5) is 0 Å². The van der Waals surface area contributed by atoms with E-state index >= 15 is 0 Å². The van der Waals surface area contributed by atoms with Gasteiger partial charge in [0.05, 0.1) is 0 Å². The van der Waals surface area contributed by atoms with Gasteiger partial charge in [-0.05, 0) is 50.0 Å². The quantitative estimate of drug-likeness (QED) is 0.713. The maximum atomic E-state index is 5.95. The second kappa shape index (κ2) is 6.23. The summed E-state index contributed by atoms with van der Waals surface area (Å²) in [4.78, 5) is 2.58. The zero-order valence-corrected chi connectivity index (χ0v) is 11.0. The van der Waals surface area contributed by atoms with Crippen LogP contribution in [0.3, 0.4) is 0 Å². The number of likely N-dealkylation sites (tertiary alicyclic amines) is 1. The summed E-state index contributed by atoms with van der Waals surface area (Å²) in [6.07, 6.45) is 7.05. The Morgan fingerprint density at radius 1 is 1.18 bits per heavy atom. The fourth-order valence-corrected chi connectivity index (χ4v) is 2.69. The Balaban J connectivity index is 2.15. The lowest BCUT2D eigenvalue weighted by Gasteiger charge is -2.34. The van der Waals surface area contributed by atoms with Crippen LogP contribution in [0.1, 0.15) is 37.3 Å². The van der Waals surface area contributed by atoms with Gasteiger partial charge < -0.3 is 0 Å². The first-order chi connectivity index (χ1) is 8.31. The molecule has 1 fully saturated rings. The molecule has 1 unspecified atom stereocenters. The molecular formula is C15H20ClN. The van der Waals surface area contributed by atoms with E-state index in [2.05, 4.69) is 23.6 Å². The predicted molar refractivity (Wildman–Crippen MR) is 74.4 cm³/mol. The van der Waals surface area contributed by atoms with Crippen LogP contribution in [0.2, 0.25) is 5.02 Å². The minimum atomic E-state index is 0.477. The van der Waals surface area contributed by atoms with E-state index in [1.807, 2.05) is 18.2 Å². The van der Waals surface area contributed by atoms with Crippen LogP contribution in [0, 0.1) is 0 Å². The van der Waals surface area contributed by atoms with Crippen molar-refractivity contribution in [1.82, 2.24) is 4.90 Å². The first kappa shape index (κ1) is 12.7. The summed E-state index contributed by atoms with van der Waals surface area (Å²) in [5.74, 6) is 0. The van der Waals surface area contributed by atoms with Gasteiger partial charge in [-0.2, -0.15) is 0 Å². The van der Waals surface area contributed by atoms with Crippen molar-refractivity contribution >= 4 is 11.6 Å². The molecular weight excluding hydrogens is 230 g/mol. The minimum absolute atomic E-state index is 0.477. The van der Waals surface area contributed by atoms with Crippen molar-refractivity contribution in [3.05, 3.63) is 47.5 Å². The van der Waals surface area contributed by atoms with Crippen LogP contribution in [-0.2, 0) is 0 Å². The lowest BCUT2D eigenvalue weighted by atomic mass is 9.99. The Bertz CT molecular complexity index is 352. The highest BCUT2D eigenvalue weighted by molar-refractivity contribution is 6.30. The number of nitrogens with zero attached hydrogens (tertiary/aromatic N) is 1. The molecule has 0 spiro atoms. The van der Waals surface area contributed by atoms with E-state index in [1.54, 1.807) is 0 Å². The smallest absolute Gasteiger partial charge is 0.0406 e. The second-order valence-electron chi connectivity index (χ2n) is 4.69. The third-order valence-electron chi connectivity index (χ3n) is 3.48. The minimum Gasteiger partial charge on any atom is -0.296 e. The normalized spacial score (nSPS) is 18.9. The molecule has 1 aromatic carbocycles. The zero-order chi connectivity index (χ0) is 12.1. The van der Waals surface area contributed by atoms with Crippen molar-refractivity contribution < 1.29 is 0 Å². The highest BCUT2D eigenvalue weighted by Gasteiger charge is 2.20.